The predicted molar refractivity (Wildman–Crippen MR) is 120 cm³/mol. The Morgan fingerprint density at radius 1 is 1.06 bits per heavy atom. The summed E-state index contributed by atoms with van der Waals surface area (Å²) >= 11 is 0. The van der Waals surface area contributed by atoms with E-state index in [0.717, 1.165) is 33.3 Å². The first-order valence-electron chi connectivity index (χ1n) is 10.6. The number of methoxy groups -OCH3 is 1. The summed E-state index contributed by atoms with van der Waals surface area (Å²) in [4.78, 5) is 12.9. The number of carbonyl (C=O) groups is 1. The van der Waals surface area contributed by atoms with E-state index in [1.807, 2.05) is 18.2 Å². The fraction of sp³-hybridized carbons (Fsp3) is 0.320. The molecule has 0 radical (unpaired) electrons. The molecule has 3 N–H and O–H groups in total. The first-order chi connectivity index (χ1) is 15.8. The van der Waals surface area contributed by atoms with E-state index in [9.17, 15) is 18.7 Å². The maximum Gasteiger partial charge on any atom is 0.319 e. The largest absolute Gasteiger partial charge is 0.493 e. The van der Waals surface area contributed by atoms with Gasteiger partial charge >= 0.3 is 6.03 Å². The number of halogens is 4. The number of urea groups is 1. The molecule has 34 heavy (non-hydrogen) atoms. The first kappa shape index (κ1) is 23.8. The normalized spacial score (nSPS) is 22.7. The van der Waals surface area contributed by atoms with Gasteiger partial charge in [0.25, 0.3) is 5.92 Å². The van der Waals surface area contributed by atoms with E-state index in [0.29, 0.717) is 17.1 Å². The van der Waals surface area contributed by atoms with Gasteiger partial charge in [-0.05, 0) is 43.9 Å². The molecule has 0 aliphatic heterocycles. The third-order valence-corrected chi connectivity index (χ3v) is 6.64. The zero-order valence-corrected chi connectivity index (χ0v) is 19.0. The van der Waals surface area contributed by atoms with Crippen LogP contribution >= 0.6 is 0 Å². The molecular formula is C25H24F4N2O3. The van der Waals surface area contributed by atoms with E-state index >= 15 is 8.78 Å². The maximum absolute atomic E-state index is 15.6. The average Bonchev–Trinajstić information content (AvgIpc) is 2.78. The Balaban J connectivity index is 1.81. The van der Waals surface area contributed by atoms with Crippen molar-refractivity contribution in [1.82, 2.24) is 5.32 Å². The van der Waals surface area contributed by atoms with Gasteiger partial charge in [0.05, 0.1) is 24.3 Å². The molecule has 180 valence electrons. The number of amides is 2. The minimum atomic E-state index is -3.87. The molecule has 0 spiro atoms. The van der Waals surface area contributed by atoms with Gasteiger partial charge < -0.3 is 20.5 Å². The highest BCUT2D eigenvalue weighted by Gasteiger charge is 2.68. The van der Waals surface area contributed by atoms with Crippen LogP contribution in [0.15, 0.2) is 48.5 Å². The molecule has 2 amide bonds. The van der Waals surface area contributed by atoms with Gasteiger partial charge in [0.2, 0.25) is 5.82 Å². The number of benzene rings is 3. The van der Waals surface area contributed by atoms with E-state index in [-0.39, 0.29) is 11.1 Å². The van der Waals surface area contributed by atoms with Crippen molar-refractivity contribution < 1.29 is 32.2 Å². The number of anilines is 1. The molecule has 2 unspecified atom stereocenters. The van der Waals surface area contributed by atoms with Crippen LogP contribution in [0, 0.1) is 11.6 Å². The van der Waals surface area contributed by atoms with Gasteiger partial charge in [-0.25, -0.2) is 18.0 Å². The lowest BCUT2D eigenvalue weighted by molar-refractivity contribution is -0.228. The van der Waals surface area contributed by atoms with Crippen LogP contribution in [0.5, 0.6) is 5.75 Å². The van der Waals surface area contributed by atoms with Gasteiger partial charge in [0, 0.05) is 10.9 Å². The molecule has 0 fully saturated rings. The topological polar surface area (TPSA) is 70.6 Å². The Bertz CT molecular complexity index is 1290. The number of fused-ring (bicyclic) bond motifs is 2. The molecule has 4 rings (SSSR count). The highest BCUT2D eigenvalue weighted by atomic mass is 19.3. The highest BCUT2D eigenvalue weighted by molar-refractivity contribution is 6.01. The van der Waals surface area contributed by atoms with Gasteiger partial charge in [0.1, 0.15) is 0 Å². The fourth-order valence-corrected chi connectivity index (χ4v) is 4.80. The third-order valence-electron chi connectivity index (χ3n) is 6.64. The minimum absolute atomic E-state index is 0.204. The van der Waals surface area contributed by atoms with E-state index < -0.39 is 46.4 Å². The Kier molecular flexibility index (Phi) is 5.51. The second kappa shape index (κ2) is 7.87. The summed E-state index contributed by atoms with van der Waals surface area (Å²) in [7, 11) is 1.04. The molecule has 5 nitrogen and oxygen atoms in total. The molecule has 1 aliphatic rings. The summed E-state index contributed by atoms with van der Waals surface area (Å²) in [5.41, 5.74) is -5.14. The number of alkyl halides is 2. The van der Waals surface area contributed by atoms with Gasteiger partial charge in [-0.1, -0.05) is 36.4 Å². The van der Waals surface area contributed by atoms with Gasteiger partial charge in [-0.15, -0.1) is 0 Å². The molecule has 0 saturated heterocycles. The maximum atomic E-state index is 15.6. The van der Waals surface area contributed by atoms with Gasteiger partial charge in [-0.2, -0.15) is 4.39 Å². The SMILES string of the molecule is COc1c(F)c(F)cc2c1C(C)(C)C(F)(F)C(C)(O)C2NC(=O)Nc1cccc2ccccc12. The van der Waals surface area contributed by atoms with Crippen molar-refractivity contribution in [3.05, 3.63) is 71.3 Å². The molecule has 2 atom stereocenters. The minimum Gasteiger partial charge on any atom is -0.493 e. The van der Waals surface area contributed by atoms with Crippen molar-refractivity contribution in [1.29, 1.82) is 0 Å². The standard InChI is InChI=1S/C25H24F4N2O3/c1-23(2)18-15(12-16(26)19(27)20(18)34-4)21(24(3,33)25(23,28)29)31-22(32)30-17-11-7-9-13-8-5-6-10-14(13)17/h5-12,21,33H,1-4H3,(H2,30,31,32). The van der Waals surface area contributed by atoms with Crippen LogP contribution in [0.25, 0.3) is 10.8 Å². The first-order valence-corrected chi connectivity index (χ1v) is 10.6. The monoisotopic (exact) mass is 476 g/mol. The Hall–Kier alpha value is -3.33. The Labute approximate surface area is 193 Å². The molecule has 0 bridgehead atoms. The van der Waals surface area contributed by atoms with Crippen LogP contribution in [0.2, 0.25) is 0 Å². The lowest BCUT2D eigenvalue weighted by atomic mass is 9.61. The number of nitrogens with one attached hydrogen (secondary N) is 2. The van der Waals surface area contributed by atoms with Crippen LogP contribution < -0.4 is 15.4 Å². The molecule has 3 aromatic rings. The van der Waals surface area contributed by atoms with Crippen LogP contribution in [0.3, 0.4) is 0 Å². The van der Waals surface area contributed by atoms with Crippen molar-refractivity contribution in [2.75, 3.05) is 12.4 Å². The molecular weight excluding hydrogens is 452 g/mol. The number of ether oxygens (including phenoxy) is 1. The second-order valence-electron chi connectivity index (χ2n) is 9.07. The van der Waals surface area contributed by atoms with Crippen LogP contribution in [-0.2, 0) is 5.41 Å². The molecule has 0 heterocycles. The molecule has 0 aromatic heterocycles. The highest BCUT2D eigenvalue weighted by Crippen LogP contribution is 2.59. The number of aliphatic hydroxyl groups is 1. The van der Waals surface area contributed by atoms with E-state index in [2.05, 4.69) is 10.6 Å². The summed E-state index contributed by atoms with van der Waals surface area (Å²) in [6.45, 7) is 3.06. The second-order valence-corrected chi connectivity index (χ2v) is 9.07. The number of rotatable bonds is 3. The third kappa shape index (κ3) is 3.29. The Morgan fingerprint density at radius 3 is 2.38 bits per heavy atom. The predicted octanol–water partition coefficient (Wildman–Crippen LogP) is 5.67. The average molecular weight is 476 g/mol. The molecule has 3 aromatic carbocycles. The van der Waals surface area contributed by atoms with Crippen molar-refractivity contribution >= 4 is 22.5 Å². The van der Waals surface area contributed by atoms with Gasteiger partial charge in [0.15, 0.2) is 17.2 Å². The van der Waals surface area contributed by atoms with E-state index in [4.69, 9.17) is 4.74 Å². The zero-order chi connectivity index (χ0) is 25.1. The van der Waals surface area contributed by atoms with Crippen molar-refractivity contribution in [2.24, 2.45) is 0 Å². The van der Waals surface area contributed by atoms with E-state index in [1.165, 1.54) is 0 Å². The van der Waals surface area contributed by atoms with Crippen LogP contribution in [-0.4, -0.2) is 29.8 Å². The number of hydrogen-bond donors (Lipinski definition) is 3. The van der Waals surface area contributed by atoms with Crippen molar-refractivity contribution in [2.45, 2.75) is 43.8 Å². The zero-order valence-electron chi connectivity index (χ0n) is 19.0. The quantitative estimate of drug-likeness (QED) is 0.427. The van der Waals surface area contributed by atoms with Gasteiger partial charge in [-0.3, -0.25) is 0 Å². The smallest absolute Gasteiger partial charge is 0.319 e. The number of carbonyl (C=O) groups excluding carboxylic acids is 1. The summed E-state index contributed by atoms with van der Waals surface area (Å²) in [5, 5.41) is 17.5. The van der Waals surface area contributed by atoms with Crippen LogP contribution in [0.1, 0.15) is 37.9 Å². The number of hydrogen-bond acceptors (Lipinski definition) is 3. The summed E-state index contributed by atoms with van der Waals surface area (Å²) in [5.74, 6) is -7.35. The fourth-order valence-electron chi connectivity index (χ4n) is 4.80. The van der Waals surface area contributed by atoms with Crippen molar-refractivity contribution in [3.8, 4) is 5.75 Å². The van der Waals surface area contributed by atoms with Crippen LogP contribution in [0.4, 0.5) is 28.0 Å². The van der Waals surface area contributed by atoms with E-state index in [1.54, 1.807) is 24.3 Å². The summed E-state index contributed by atoms with van der Waals surface area (Å²) < 4.78 is 65.1. The summed E-state index contributed by atoms with van der Waals surface area (Å²) in [6.07, 6.45) is 0. The Morgan fingerprint density at radius 2 is 1.71 bits per heavy atom. The summed E-state index contributed by atoms with van der Waals surface area (Å²) in [6, 6.07) is 10.4. The molecule has 9 heteroatoms. The molecule has 0 saturated carbocycles. The lowest BCUT2D eigenvalue weighted by Crippen LogP contribution is -2.66. The lowest BCUT2D eigenvalue weighted by Gasteiger charge is -2.52. The molecule has 1 aliphatic carbocycles. The van der Waals surface area contributed by atoms with Crippen molar-refractivity contribution in [3.63, 3.8) is 0 Å².